The summed E-state index contributed by atoms with van der Waals surface area (Å²) < 4.78 is 20.1. The molecule has 2 amide bonds. The molecule has 212 valence electrons. The summed E-state index contributed by atoms with van der Waals surface area (Å²) in [6.45, 7) is 3.02. The molecule has 2 aromatic heterocycles. The molecule has 2 atom stereocenters. The van der Waals surface area contributed by atoms with E-state index in [0.29, 0.717) is 24.7 Å². The van der Waals surface area contributed by atoms with Gasteiger partial charge in [0.15, 0.2) is 17.3 Å². The van der Waals surface area contributed by atoms with Crippen LogP contribution in [0.5, 0.6) is 0 Å². The summed E-state index contributed by atoms with van der Waals surface area (Å²) in [6.07, 6.45) is 8.03. The summed E-state index contributed by atoms with van der Waals surface area (Å²) >= 11 is 0. The zero-order chi connectivity index (χ0) is 27.1. The molecule has 5 heterocycles. The number of nitrogens with zero attached hydrogens (tertiary/aromatic N) is 5. The first-order valence-electron chi connectivity index (χ1n) is 14.3. The second-order valence-electron chi connectivity index (χ2n) is 11.1. The van der Waals surface area contributed by atoms with Crippen molar-refractivity contribution >= 4 is 28.6 Å². The molecule has 2 bridgehead atoms. The van der Waals surface area contributed by atoms with E-state index in [2.05, 4.69) is 20.2 Å². The Labute approximate surface area is 232 Å². The number of nitrogens with one attached hydrogen (secondary N) is 2. The normalized spacial score (nSPS) is 24.2. The van der Waals surface area contributed by atoms with Crippen molar-refractivity contribution in [2.24, 2.45) is 0 Å². The Kier molecular flexibility index (Phi) is 6.78. The molecule has 1 saturated carbocycles. The summed E-state index contributed by atoms with van der Waals surface area (Å²) in [5.74, 6) is 1.09. The van der Waals surface area contributed by atoms with Crippen molar-refractivity contribution in [1.82, 2.24) is 25.1 Å². The fourth-order valence-corrected chi connectivity index (χ4v) is 6.46. The molecule has 2 unspecified atom stereocenters. The highest BCUT2D eigenvalue weighted by atomic mass is 16.7. The van der Waals surface area contributed by atoms with Gasteiger partial charge >= 0.3 is 6.03 Å². The molecule has 4 aliphatic rings. The second-order valence-corrected chi connectivity index (χ2v) is 11.1. The number of aliphatic hydroxyl groups is 1. The van der Waals surface area contributed by atoms with Crippen molar-refractivity contribution in [3.05, 3.63) is 30.5 Å². The molecule has 0 radical (unpaired) electrons. The maximum atomic E-state index is 12.0. The number of rotatable bonds is 6. The van der Waals surface area contributed by atoms with Gasteiger partial charge in [-0.2, -0.15) is 5.10 Å². The summed E-state index contributed by atoms with van der Waals surface area (Å²) in [5, 5.41) is 20.1. The van der Waals surface area contributed by atoms with Gasteiger partial charge < -0.3 is 34.9 Å². The van der Waals surface area contributed by atoms with Crippen LogP contribution in [0.15, 0.2) is 30.5 Å². The number of hydrogen-bond donors (Lipinski definition) is 3. The SMILES string of the molecule is O=C(NCCO)Nc1ccc(-c2nc(N3CC4CCC(C3)O4)c3cnn(C4CCC5(CC4)OCCO5)c3n2)cc1. The summed E-state index contributed by atoms with van der Waals surface area (Å²) in [5.41, 5.74) is 2.32. The van der Waals surface area contributed by atoms with Crippen molar-refractivity contribution in [1.29, 1.82) is 0 Å². The van der Waals surface area contributed by atoms with Gasteiger partial charge in [0.25, 0.3) is 0 Å². The Morgan fingerprint density at radius 1 is 1.02 bits per heavy atom. The van der Waals surface area contributed by atoms with Crippen molar-refractivity contribution in [3.8, 4) is 11.4 Å². The van der Waals surface area contributed by atoms with E-state index in [1.807, 2.05) is 30.5 Å². The molecule has 3 aromatic rings. The predicted molar refractivity (Wildman–Crippen MR) is 147 cm³/mol. The van der Waals surface area contributed by atoms with Gasteiger partial charge in [-0.25, -0.2) is 19.4 Å². The number of carbonyl (C=O) groups excluding carboxylic acids is 1. The lowest BCUT2D eigenvalue weighted by Crippen LogP contribution is -2.43. The summed E-state index contributed by atoms with van der Waals surface area (Å²) in [6, 6.07) is 7.32. The first kappa shape index (κ1) is 25.6. The summed E-state index contributed by atoms with van der Waals surface area (Å²) in [4.78, 5) is 24.5. The van der Waals surface area contributed by atoms with E-state index in [9.17, 15) is 4.79 Å². The molecule has 3 aliphatic heterocycles. The minimum absolute atomic E-state index is 0.112. The lowest BCUT2D eigenvalue weighted by atomic mass is 9.90. The molecule has 12 nitrogen and oxygen atoms in total. The van der Waals surface area contributed by atoms with E-state index in [0.717, 1.165) is 74.0 Å². The van der Waals surface area contributed by atoms with Crippen LogP contribution < -0.4 is 15.5 Å². The van der Waals surface area contributed by atoms with Gasteiger partial charge in [-0.05, 0) is 49.9 Å². The molecule has 3 saturated heterocycles. The largest absolute Gasteiger partial charge is 0.395 e. The number of carbonyl (C=O) groups is 1. The van der Waals surface area contributed by atoms with Gasteiger partial charge in [-0.3, -0.25) is 0 Å². The van der Waals surface area contributed by atoms with Crippen LogP contribution >= 0.6 is 0 Å². The quantitative estimate of drug-likeness (QED) is 0.424. The minimum Gasteiger partial charge on any atom is -0.395 e. The van der Waals surface area contributed by atoms with E-state index in [4.69, 9.17) is 34.4 Å². The molecule has 1 spiro atoms. The van der Waals surface area contributed by atoms with Crippen LogP contribution in [0.25, 0.3) is 22.4 Å². The Morgan fingerprint density at radius 3 is 2.45 bits per heavy atom. The van der Waals surface area contributed by atoms with Crippen LogP contribution in [0.3, 0.4) is 0 Å². The third-order valence-corrected chi connectivity index (χ3v) is 8.45. The number of aromatic nitrogens is 4. The van der Waals surface area contributed by atoms with Crippen molar-refractivity contribution in [2.45, 2.75) is 62.6 Å². The molecule has 3 N–H and O–H groups in total. The number of anilines is 2. The molecule has 1 aliphatic carbocycles. The van der Waals surface area contributed by atoms with E-state index < -0.39 is 5.79 Å². The van der Waals surface area contributed by atoms with Gasteiger partial charge in [-0.15, -0.1) is 0 Å². The third-order valence-electron chi connectivity index (χ3n) is 8.45. The van der Waals surface area contributed by atoms with Crippen LogP contribution in [0, 0.1) is 0 Å². The summed E-state index contributed by atoms with van der Waals surface area (Å²) in [7, 11) is 0. The number of hydrogen-bond acceptors (Lipinski definition) is 9. The highest BCUT2D eigenvalue weighted by molar-refractivity contribution is 5.90. The highest BCUT2D eigenvalue weighted by Crippen LogP contribution is 2.42. The van der Waals surface area contributed by atoms with E-state index in [1.165, 1.54) is 0 Å². The van der Waals surface area contributed by atoms with Gasteiger partial charge in [0.2, 0.25) is 0 Å². The lowest BCUT2D eigenvalue weighted by Gasteiger charge is -2.35. The number of fused-ring (bicyclic) bond motifs is 3. The topological polar surface area (TPSA) is 136 Å². The molecule has 40 heavy (non-hydrogen) atoms. The molecular formula is C28H35N7O5. The first-order chi connectivity index (χ1) is 19.6. The standard InChI is InChI=1S/C28H35N7O5/c36-12-11-29-27(37)31-19-3-1-18(2-4-19)24-32-25(34-16-21-5-6-22(17-34)40-21)23-15-30-35(26(23)33-24)20-7-9-28(10-8-20)38-13-14-39-28/h1-4,15,20-22,36H,5-14,16-17H2,(H2,29,31,37). The Hall–Kier alpha value is -3.32. The smallest absolute Gasteiger partial charge is 0.319 e. The van der Waals surface area contributed by atoms with Gasteiger partial charge in [0.1, 0.15) is 5.82 Å². The number of urea groups is 1. The zero-order valence-corrected chi connectivity index (χ0v) is 22.4. The Morgan fingerprint density at radius 2 is 1.75 bits per heavy atom. The monoisotopic (exact) mass is 549 g/mol. The molecule has 1 aromatic carbocycles. The third kappa shape index (κ3) is 4.89. The number of amides is 2. The van der Waals surface area contributed by atoms with Crippen molar-refractivity contribution in [2.75, 3.05) is 49.7 Å². The first-order valence-corrected chi connectivity index (χ1v) is 14.3. The van der Waals surface area contributed by atoms with Gasteiger partial charge in [0.05, 0.1) is 49.7 Å². The van der Waals surface area contributed by atoms with Crippen LogP contribution in [0.4, 0.5) is 16.3 Å². The van der Waals surface area contributed by atoms with E-state index >= 15 is 0 Å². The lowest BCUT2D eigenvalue weighted by molar-refractivity contribution is -0.181. The van der Waals surface area contributed by atoms with Crippen LogP contribution in [-0.2, 0) is 14.2 Å². The van der Waals surface area contributed by atoms with Crippen LogP contribution in [-0.4, -0.2) is 88.3 Å². The van der Waals surface area contributed by atoms with Crippen molar-refractivity contribution in [3.63, 3.8) is 0 Å². The zero-order valence-electron chi connectivity index (χ0n) is 22.4. The van der Waals surface area contributed by atoms with Gasteiger partial charge in [-0.1, -0.05) is 0 Å². The highest BCUT2D eigenvalue weighted by Gasteiger charge is 2.41. The maximum Gasteiger partial charge on any atom is 0.319 e. The number of benzene rings is 1. The van der Waals surface area contributed by atoms with Crippen LogP contribution in [0.1, 0.15) is 44.6 Å². The molecular weight excluding hydrogens is 514 g/mol. The van der Waals surface area contributed by atoms with Gasteiger partial charge in [0, 0.05) is 43.7 Å². The Bertz CT molecular complexity index is 1350. The fraction of sp³-hybridized carbons (Fsp3) is 0.571. The minimum atomic E-state index is -0.428. The average molecular weight is 550 g/mol. The number of ether oxygens (including phenoxy) is 3. The van der Waals surface area contributed by atoms with Crippen LogP contribution in [0.2, 0.25) is 0 Å². The second kappa shape index (κ2) is 10.6. The fourth-order valence-electron chi connectivity index (χ4n) is 6.46. The van der Waals surface area contributed by atoms with E-state index in [1.54, 1.807) is 0 Å². The number of morpholine rings is 1. The molecule has 12 heteroatoms. The maximum absolute atomic E-state index is 12.0. The number of aliphatic hydroxyl groups excluding tert-OH is 1. The molecule has 4 fully saturated rings. The Balaban J connectivity index is 1.21. The molecule has 7 rings (SSSR count). The average Bonchev–Trinajstić information content (AvgIpc) is 3.71. The van der Waals surface area contributed by atoms with E-state index in [-0.39, 0.29) is 37.4 Å². The van der Waals surface area contributed by atoms with Crippen molar-refractivity contribution < 1.29 is 24.1 Å². The predicted octanol–water partition coefficient (Wildman–Crippen LogP) is 2.83.